The van der Waals surface area contributed by atoms with Gasteiger partial charge in [0, 0.05) is 13.0 Å². The summed E-state index contributed by atoms with van der Waals surface area (Å²) in [4.78, 5) is 12.8. The van der Waals surface area contributed by atoms with E-state index >= 15 is 0 Å². The number of esters is 1. The first kappa shape index (κ1) is 57.9. The highest BCUT2D eigenvalue weighted by molar-refractivity contribution is 5.69. The van der Waals surface area contributed by atoms with Crippen molar-refractivity contribution < 1.29 is 44.2 Å². The van der Waals surface area contributed by atoms with E-state index in [9.17, 15) is 25.2 Å². The van der Waals surface area contributed by atoms with Crippen LogP contribution in [0.5, 0.6) is 0 Å². The second-order valence-electron chi connectivity index (χ2n) is 17.2. The summed E-state index contributed by atoms with van der Waals surface area (Å²) in [7, 11) is 0. The van der Waals surface area contributed by atoms with E-state index in [1.165, 1.54) is 128 Å². The third kappa shape index (κ3) is 34.3. The molecule has 0 amide bonds. The second-order valence-corrected chi connectivity index (χ2v) is 17.2. The number of aliphatic hydroxyl groups excluding tert-OH is 4. The Balaban J connectivity index is 2.19. The molecule has 1 saturated heterocycles. The van der Waals surface area contributed by atoms with Crippen molar-refractivity contribution in [3.63, 3.8) is 0 Å². The first-order valence-electron chi connectivity index (χ1n) is 25.4. The van der Waals surface area contributed by atoms with Gasteiger partial charge in [-0.2, -0.15) is 0 Å². The molecular formula is C53H94O9. The van der Waals surface area contributed by atoms with Crippen LogP contribution in [0.2, 0.25) is 0 Å². The molecule has 6 unspecified atom stereocenters. The Hall–Kier alpha value is -2.11. The molecule has 1 heterocycles. The maximum atomic E-state index is 12.8. The second kappa shape index (κ2) is 44.1. The van der Waals surface area contributed by atoms with E-state index in [2.05, 4.69) is 74.6 Å². The van der Waals surface area contributed by atoms with Gasteiger partial charge in [-0.15, -0.1) is 0 Å². The third-order valence-electron chi connectivity index (χ3n) is 11.4. The minimum Gasteiger partial charge on any atom is -0.457 e. The summed E-state index contributed by atoms with van der Waals surface area (Å²) in [6.07, 6.45) is 49.9. The largest absolute Gasteiger partial charge is 0.457 e. The van der Waals surface area contributed by atoms with Gasteiger partial charge in [-0.05, 0) is 70.6 Å². The van der Waals surface area contributed by atoms with Crippen molar-refractivity contribution in [2.75, 3.05) is 26.4 Å². The number of carbonyl (C=O) groups excluding carboxylic acids is 1. The summed E-state index contributed by atoms with van der Waals surface area (Å²) >= 11 is 0. The molecule has 0 bridgehead atoms. The number of carbonyl (C=O) groups is 1. The average molecular weight is 875 g/mol. The van der Waals surface area contributed by atoms with Gasteiger partial charge in [-0.1, -0.05) is 190 Å². The van der Waals surface area contributed by atoms with E-state index < -0.39 is 43.4 Å². The van der Waals surface area contributed by atoms with Crippen LogP contribution in [-0.4, -0.2) is 89.6 Å². The maximum Gasteiger partial charge on any atom is 0.306 e. The zero-order chi connectivity index (χ0) is 45.0. The number of allylic oxidation sites excluding steroid dienone is 10. The van der Waals surface area contributed by atoms with E-state index in [0.29, 0.717) is 13.0 Å². The summed E-state index contributed by atoms with van der Waals surface area (Å²) in [5, 5.41) is 40.2. The topological polar surface area (TPSA) is 135 Å². The molecular weight excluding hydrogens is 781 g/mol. The summed E-state index contributed by atoms with van der Waals surface area (Å²) in [6, 6.07) is 0. The first-order chi connectivity index (χ1) is 30.4. The molecule has 0 saturated carbocycles. The quantitative estimate of drug-likeness (QED) is 0.0268. The van der Waals surface area contributed by atoms with Crippen LogP contribution in [0.1, 0.15) is 206 Å². The Morgan fingerprint density at radius 3 is 1.50 bits per heavy atom. The van der Waals surface area contributed by atoms with E-state index in [1.807, 2.05) is 0 Å². The van der Waals surface area contributed by atoms with Crippen LogP contribution in [0.25, 0.3) is 0 Å². The Morgan fingerprint density at radius 1 is 0.532 bits per heavy atom. The first-order valence-corrected chi connectivity index (χ1v) is 25.4. The predicted molar refractivity (Wildman–Crippen MR) is 256 cm³/mol. The lowest BCUT2D eigenvalue weighted by Gasteiger charge is -2.39. The molecule has 9 nitrogen and oxygen atoms in total. The van der Waals surface area contributed by atoms with Crippen molar-refractivity contribution in [3.8, 4) is 0 Å². The highest BCUT2D eigenvalue weighted by atomic mass is 16.7. The van der Waals surface area contributed by atoms with Crippen LogP contribution in [0.3, 0.4) is 0 Å². The Morgan fingerprint density at radius 2 is 0.984 bits per heavy atom. The summed E-state index contributed by atoms with van der Waals surface area (Å²) in [5.41, 5.74) is 0. The van der Waals surface area contributed by atoms with Crippen molar-refractivity contribution in [3.05, 3.63) is 60.8 Å². The number of rotatable bonds is 43. The summed E-state index contributed by atoms with van der Waals surface area (Å²) in [5.74, 6) is -0.332. The number of ether oxygens (including phenoxy) is 4. The van der Waals surface area contributed by atoms with E-state index in [4.69, 9.17) is 18.9 Å². The Kier molecular flexibility index (Phi) is 41.2. The molecule has 1 aliphatic rings. The van der Waals surface area contributed by atoms with Gasteiger partial charge >= 0.3 is 5.97 Å². The maximum absolute atomic E-state index is 12.8. The summed E-state index contributed by atoms with van der Waals surface area (Å²) < 4.78 is 22.8. The molecule has 1 rings (SSSR count). The zero-order valence-electron chi connectivity index (χ0n) is 39.6. The van der Waals surface area contributed by atoms with Crippen molar-refractivity contribution in [1.29, 1.82) is 0 Å². The number of unbranched alkanes of at least 4 members (excludes halogenated alkanes) is 22. The minimum atomic E-state index is -1.55. The fourth-order valence-electron chi connectivity index (χ4n) is 7.49. The van der Waals surface area contributed by atoms with Gasteiger partial charge < -0.3 is 39.4 Å². The minimum absolute atomic E-state index is 0.106. The van der Waals surface area contributed by atoms with E-state index in [1.54, 1.807) is 0 Å². The third-order valence-corrected chi connectivity index (χ3v) is 11.4. The van der Waals surface area contributed by atoms with Gasteiger partial charge in [0.2, 0.25) is 0 Å². The average Bonchev–Trinajstić information content (AvgIpc) is 3.27. The SMILES string of the molecule is CC/C=C\C/C=C\C/C=C\C/C=C\CCCOCC(COC1OC(CO)C(O)C(O)C1O)OC(=O)CCCCCCCCCCCCCCC/C=C\CCCCCCCCCC. The van der Waals surface area contributed by atoms with Gasteiger partial charge in [-0.3, -0.25) is 4.79 Å². The molecule has 0 aromatic carbocycles. The highest BCUT2D eigenvalue weighted by Crippen LogP contribution is 2.23. The van der Waals surface area contributed by atoms with Crippen molar-refractivity contribution in [1.82, 2.24) is 0 Å². The van der Waals surface area contributed by atoms with Crippen LogP contribution in [-0.2, 0) is 23.7 Å². The normalized spacial score (nSPS) is 20.3. The fraction of sp³-hybridized carbons (Fsp3) is 0.792. The molecule has 6 atom stereocenters. The summed E-state index contributed by atoms with van der Waals surface area (Å²) in [6.45, 7) is 4.31. The molecule has 0 aromatic heterocycles. The molecule has 9 heteroatoms. The number of aliphatic hydroxyl groups is 4. The van der Waals surface area contributed by atoms with Crippen molar-refractivity contribution in [2.24, 2.45) is 0 Å². The fourth-order valence-corrected chi connectivity index (χ4v) is 7.49. The highest BCUT2D eigenvalue weighted by Gasteiger charge is 2.44. The van der Waals surface area contributed by atoms with Crippen LogP contribution < -0.4 is 0 Å². The van der Waals surface area contributed by atoms with Crippen molar-refractivity contribution >= 4 is 5.97 Å². The molecule has 1 aliphatic heterocycles. The standard InChI is InChI=1S/C53H94O9/c1-3-5-7-9-11-13-15-17-19-20-21-22-23-24-25-26-27-28-29-30-32-34-36-38-40-42-49(55)61-47(46-60-53-52(58)51(57)50(56)48(44-54)62-53)45-59-43-41-39-37-35-33-31-18-16-14-12-10-8-6-4-2/h6,8,12,14,18,20-21,31,35,37,47-48,50-54,56-58H,3-5,7,9-11,13,15-17,19,22-30,32-34,36,38-46H2,1-2H3/b8-6-,14-12-,21-20-,31-18-,37-35-. The monoisotopic (exact) mass is 875 g/mol. The molecule has 62 heavy (non-hydrogen) atoms. The van der Waals surface area contributed by atoms with E-state index in [0.717, 1.165) is 57.8 Å². The van der Waals surface area contributed by atoms with Gasteiger partial charge in [0.1, 0.15) is 30.5 Å². The molecule has 0 radical (unpaired) electrons. The van der Waals surface area contributed by atoms with E-state index in [-0.39, 0.29) is 19.2 Å². The van der Waals surface area contributed by atoms with Crippen LogP contribution in [0, 0.1) is 0 Å². The van der Waals surface area contributed by atoms with Gasteiger partial charge in [0.05, 0.1) is 19.8 Å². The molecule has 0 spiro atoms. The lowest BCUT2D eigenvalue weighted by molar-refractivity contribution is -0.305. The Bertz CT molecular complexity index is 1130. The van der Waals surface area contributed by atoms with Crippen LogP contribution in [0.15, 0.2) is 60.8 Å². The molecule has 1 fully saturated rings. The number of hydrogen-bond acceptors (Lipinski definition) is 9. The zero-order valence-corrected chi connectivity index (χ0v) is 39.6. The van der Waals surface area contributed by atoms with Gasteiger partial charge in [0.15, 0.2) is 6.29 Å². The molecule has 360 valence electrons. The molecule has 4 N–H and O–H groups in total. The Labute approximate surface area is 379 Å². The van der Waals surface area contributed by atoms with Crippen LogP contribution in [0.4, 0.5) is 0 Å². The predicted octanol–water partition coefficient (Wildman–Crippen LogP) is 12.3. The lowest BCUT2D eigenvalue weighted by atomic mass is 9.99. The van der Waals surface area contributed by atoms with Crippen molar-refractivity contribution in [2.45, 2.75) is 243 Å². The smallest absolute Gasteiger partial charge is 0.306 e. The lowest BCUT2D eigenvalue weighted by Crippen LogP contribution is -2.59. The van der Waals surface area contributed by atoms with Gasteiger partial charge in [-0.25, -0.2) is 0 Å². The molecule has 0 aromatic rings. The molecule has 0 aliphatic carbocycles. The van der Waals surface area contributed by atoms with Gasteiger partial charge in [0.25, 0.3) is 0 Å². The number of hydrogen-bond donors (Lipinski definition) is 4. The van der Waals surface area contributed by atoms with Crippen LogP contribution >= 0.6 is 0 Å².